The molecule has 8 nitrogen and oxygen atoms in total. The Bertz CT molecular complexity index is 421. The van der Waals surface area contributed by atoms with Crippen LogP contribution in [0.2, 0.25) is 0 Å². The topological polar surface area (TPSA) is 131 Å². The van der Waals surface area contributed by atoms with Crippen LogP contribution in [0.3, 0.4) is 0 Å². The lowest BCUT2D eigenvalue weighted by atomic mass is 10.1. The van der Waals surface area contributed by atoms with Gasteiger partial charge in [0.1, 0.15) is 24.0 Å². The third-order valence-corrected chi connectivity index (χ3v) is 2.66. The summed E-state index contributed by atoms with van der Waals surface area (Å²) in [5.74, 6) is -0.699. The molecule has 0 radical (unpaired) electrons. The molecule has 0 saturated carbocycles. The number of aliphatic hydroxyl groups excluding tert-OH is 3. The zero-order chi connectivity index (χ0) is 12.6. The highest BCUT2D eigenvalue weighted by molar-refractivity contribution is 5.90. The number of primary amides is 1. The number of amides is 1. The van der Waals surface area contributed by atoms with Crippen LogP contribution in [-0.2, 0) is 4.74 Å². The molecular weight excluding hydrogens is 230 g/mol. The molecule has 0 aliphatic carbocycles. The first-order chi connectivity index (χ1) is 8.04. The molecule has 0 aromatic carbocycles. The number of hydrogen-bond donors (Lipinski definition) is 4. The first-order valence-electron chi connectivity index (χ1n) is 5.00. The molecule has 17 heavy (non-hydrogen) atoms. The molecule has 1 aliphatic rings. The molecule has 1 amide bonds. The van der Waals surface area contributed by atoms with Crippen molar-refractivity contribution in [2.24, 2.45) is 5.73 Å². The van der Waals surface area contributed by atoms with Crippen LogP contribution in [-0.4, -0.2) is 55.7 Å². The lowest BCUT2D eigenvalue weighted by Crippen LogP contribution is -2.33. The summed E-state index contributed by atoms with van der Waals surface area (Å²) in [7, 11) is 0. The van der Waals surface area contributed by atoms with E-state index >= 15 is 0 Å². The van der Waals surface area contributed by atoms with Gasteiger partial charge in [-0.05, 0) is 0 Å². The Morgan fingerprint density at radius 3 is 2.71 bits per heavy atom. The maximum atomic E-state index is 10.8. The van der Waals surface area contributed by atoms with E-state index in [-0.39, 0.29) is 5.69 Å². The molecule has 1 aromatic rings. The van der Waals surface area contributed by atoms with Crippen LogP contribution in [0.4, 0.5) is 0 Å². The van der Waals surface area contributed by atoms with Crippen LogP contribution in [0.5, 0.6) is 0 Å². The van der Waals surface area contributed by atoms with Crippen molar-refractivity contribution in [3.05, 3.63) is 18.2 Å². The molecule has 1 saturated heterocycles. The monoisotopic (exact) mass is 243 g/mol. The van der Waals surface area contributed by atoms with Crippen LogP contribution >= 0.6 is 0 Å². The Hall–Kier alpha value is -1.48. The summed E-state index contributed by atoms with van der Waals surface area (Å²) in [4.78, 5) is 14.6. The zero-order valence-electron chi connectivity index (χ0n) is 8.80. The van der Waals surface area contributed by atoms with Gasteiger partial charge in [-0.3, -0.25) is 4.79 Å². The Kier molecular flexibility index (Phi) is 3.11. The predicted octanol–water partition coefficient (Wildman–Crippen LogP) is -2.41. The van der Waals surface area contributed by atoms with Gasteiger partial charge in [0.15, 0.2) is 6.23 Å². The summed E-state index contributed by atoms with van der Waals surface area (Å²) in [6.45, 7) is -0.411. The molecule has 1 aliphatic heterocycles. The van der Waals surface area contributed by atoms with Gasteiger partial charge in [0.25, 0.3) is 5.91 Å². The standard InChI is InChI=1S/C9H13N3O5/c10-8(16)4-1-12(3-11-4)9-7(15)6(14)5(2-13)17-9/h1,3,5-7,9,13-15H,2H2,(H2,10,16)/t5-,6-,7-,9+/m1/s1. The van der Waals surface area contributed by atoms with Crippen molar-refractivity contribution in [3.63, 3.8) is 0 Å². The lowest BCUT2D eigenvalue weighted by Gasteiger charge is -2.15. The van der Waals surface area contributed by atoms with E-state index in [9.17, 15) is 15.0 Å². The molecule has 5 N–H and O–H groups in total. The first kappa shape index (κ1) is 12.0. The fourth-order valence-electron chi connectivity index (χ4n) is 1.73. The van der Waals surface area contributed by atoms with Crippen molar-refractivity contribution in [2.45, 2.75) is 24.5 Å². The number of carbonyl (C=O) groups is 1. The molecule has 94 valence electrons. The second-order valence-electron chi connectivity index (χ2n) is 3.80. The molecule has 2 heterocycles. The molecule has 1 fully saturated rings. The van der Waals surface area contributed by atoms with E-state index in [0.717, 1.165) is 0 Å². The van der Waals surface area contributed by atoms with E-state index in [4.69, 9.17) is 15.6 Å². The highest BCUT2D eigenvalue weighted by atomic mass is 16.6. The second kappa shape index (κ2) is 4.41. The minimum Gasteiger partial charge on any atom is -0.394 e. The smallest absolute Gasteiger partial charge is 0.268 e. The quantitative estimate of drug-likeness (QED) is 0.468. The average molecular weight is 243 g/mol. The minimum absolute atomic E-state index is 0.0303. The van der Waals surface area contributed by atoms with Crippen molar-refractivity contribution in [1.82, 2.24) is 9.55 Å². The van der Waals surface area contributed by atoms with Crippen molar-refractivity contribution in [2.75, 3.05) is 6.61 Å². The van der Waals surface area contributed by atoms with Crippen LogP contribution in [0.25, 0.3) is 0 Å². The number of imidazole rings is 1. The van der Waals surface area contributed by atoms with Crippen LogP contribution in [0, 0.1) is 0 Å². The largest absolute Gasteiger partial charge is 0.394 e. The molecule has 0 unspecified atom stereocenters. The number of carbonyl (C=O) groups excluding carboxylic acids is 1. The average Bonchev–Trinajstić information content (AvgIpc) is 2.87. The lowest BCUT2D eigenvalue weighted by molar-refractivity contribution is -0.0528. The van der Waals surface area contributed by atoms with E-state index in [0.29, 0.717) is 0 Å². The van der Waals surface area contributed by atoms with Crippen molar-refractivity contribution in [3.8, 4) is 0 Å². The Morgan fingerprint density at radius 2 is 2.24 bits per heavy atom. The number of aliphatic hydroxyl groups is 3. The van der Waals surface area contributed by atoms with Gasteiger partial charge in [0.05, 0.1) is 12.9 Å². The number of ether oxygens (including phenoxy) is 1. The fraction of sp³-hybridized carbons (Fsp3) is 0.556. The summed E-state index contributed by atoms with van der Waals surface area (Å²) in [5.41, 5.74) is 5.06. The van der Waals surface area contributed by atoms with E-state index in [1.165, 1.54) is 17.1 Å². The predicted molar refractivity (Wildman–Crippen MR) is 53.8 cm³/mol. The summed E-state index contributed by atoms with van der Waals surface area (Å²) in [6.07, 6.45) is -1.59. The zero-order valence-corrected chi connectivity index (χ0v) is 8.80. The highest BCUT2D eigenvalue weighted by Gasteiger charge is 2.43. The van der Waals surface area contributed by atoms with E-state index in [1.54, 1.807) is 0 Å². The molecule has 0 bridgehead atoms. The van der Waals surface area contributed by atoms with Gasteiger partial charge in [-0.2, -0.15) is 0 Å². The summed E-state index contributed by atoms with van der Waals surface area (Å²) in [5, 5.41) is 28.2. The van der Waals surface area contributed by atoms with Gasteiger partial charge in [0, 0.05) is 6.20 Å². The molecular formula is C9H13N3O5. The van der Waals surface area contributed by atoms with Crippen LogP contribution in [0.15, 0.2) is 12.5 Å². The Morgan fingerprint density at radius 1 is 1.53 bits per heavy atom. The summed E-state index contributed by atoms with van der Waals surface area (Å²) >= 11 is 0. The van der Waals surface area contributed by atoms with Crippen molar-refractivity contribution < 1.29 is 24.9 Å². The summed E-state index contributed by atoms with van der Waals surface area (Å²) in [6, 6.07) is 0. The Balaban J connectivity index is 2.19. The van der Waals surface area contributed by atoms with Crippen molar-refractivity contribution in [1.29, 1.82) is 0 Å². The maximum absolute atomic E-state index is 10.8. The number of aromatic nitrogens is 2. The molecule has 2 rings (SSSR count). The van der Waals surface area contributed by atoms with Gasteiger partial charge in [-0.25, -0.2) is 4.98 Å². The van der Waals surface area contributed by atoms with Gasteiger partial charge < -0.3 is 30.4 Å². The SMILES string of the molecule is NC(=O)c1cn([C@H]2O[C@H](CO)[C@@H](O)[C@H]2O)cn1. The molecule has 0 spiro atoms. The Labute approximate surface area is 96.3 Å². The molecule has 1 aromatic heterocycles. The summed E-state index contributed by atoms with van der Waals surface area (Å²) < 4.78 is 6.56. The van der Waals surface area contributed by atoms with E-state index < -0.39 is 37.1 Å². The number of nitrogens with zero attached hydrogens (tertiary/aromatic N) is 2. The number of nitrogens with two attached hydrogens (primary N) is 1. The maximum Gasteiger partial charge on any atom is 0.268 e. The third-order valence-electron chi connectivity index (χ3n) is 2.66. The molecule has 8 heteroatoms. The number of hydrogen-bond acceptors (Lipinski definition) is 6. The normalized spacial score (nSPS) is 32.9. The second-order valence-corrected chi connectivity index (χ2v) is 3.80. The number of rotatable bonds is 3. The van der Waals surface area contributed by atoms with E-state index in [2.05, 4.69) is 4.98 Å². The van der Waals surface area contributed by atoms with Gasteiger partial charge in [-0.1, -0.05) is 0 Å². The first-order valence-corrected chi connectivity index (χ1v) is 5.00. The van der Waals surface area contributed by atoms with Gasteiger partial charge in [0.2, 0.25) is 0 Å². The van der Waals surface area contributed by atoms with Crippen molar-refractivity contribution >= 4 is 5.91 Å². The third kappa shape index (κ3) is 2.03. The highest BCUT2D eigenvalue weighted by Crippen LogP contribution is 2.29. The van der Waals surface area contributed by atoms with Crippen LogP contribution in [0.1, 0.15) is 16.7 Å². The van der Waals surface area contributed by atoms with Gasteiger partial charge in [-0.15, -0.1) is 0 Å². The molecule has 4 atom stereocenters. The van der Waals surface area contributed by atoms with Crippen LogP contribution < -0.4 is 5.73 Å². The fourth-order valence-corrected chi connectivity index (χ4v) is 1.73. The van der Waals surface area contributed by atoms with Gasteiger partial charge >= 0.3 is 0 Å². The van der Waals surface area contributed by atoms with E-state index in [1.807, 2.05) is 0 Å². The minimum atomic E-state index is -1.21.